The minimum Gasteiger partial charge on any atom is -0.341 e. The Kier molecular flexibility index (Phi) is 4.78. The molecule has 1 saturated heterocycles. The van der Waals surface area contributed by atoms with Gasteiger partial charge in [0.1, 0.15) is 0 Å². The number of hydrogen-bond acceptors (Lipinski definition) is 2. The Morgan fingerprint density at radius 2 is 1.81 bits per heavy atom. The molecule has 1 fully saturated rings. The van der Waals surface area contributed by atoms with E-state index in [1.54, 1.807) is 0 Å². The van der Waals surface area contributed by atoms with Gasteiger partial charge in [-0.25, -0.2) is 0 Å². The first kappa shape index (κ1) is 13.5. The van der Waals surface area contributed by atoms with Crippen molar-refractivity contribution >= 4 is 5.91 Å². The standard InChI is InChI=1S/C13H26N2O/c1-9(2)5-12(14)13(16)15-7-10(3)6-11(4)8-15/h9-12H,5-8,14H2,1-4H3. The van der Waals surface area contributed by atoms with Crippen LogP contribution in [-0.4, -0.2) is 29.9 Å². The summed E-state index contributed by atoms with van der Waals surface area (Å²) in [5, 5.41) is 0. The third-order valence-corrected chi connectivity index (χ3v) is 3.22. The van der Waals surface area contributed by atoms with E-state index in [-0.39, 0.29) is 11.9 Å². The first-order valence-corrected chi connectivity index (χ1v) is 6.44. The van der Waals surface area contributed by atoms with Crippen molar-refractivity contribution in [3.05, 3.63) is 0 Å². The molecule has 94 valence electrons. The second-order valence-electron chi connectivity index (χ2n) is 5.93. The van der Waals surface area contributed by atoms with E-state index in [1.165, 1.54) is 6.42 Å². The molecular weight excluding hydrogens is 200 g/mol. The van der Waals surface area contributed by atoms with E-state index in [2.05, 4.69) is 27.7 Å². The van der Waals surface area contributed by atoms with Gasteiger partial charge in [0, 0.05) is 13.1 Å². The van der Waals surface area contributed by atoms with Crippen LogP contribution in [-0.2, 0) is 4.79 Å². The molecule has 3 heteroatoms. The number of carbonyl (C=O) groups excluding carboxylic acids is 1. The fraction of sp³-hybridized carbons (Fsp3) is 0.923. The summed E-state index contributed by atoms with van der Waals surface area (Å²) >= 11 is 0. The van der Waals surface area contributed by atoms with Gasteiger partial charge in [0.25, 0.3) is 0 Å². The molecule has 1 rings (SSSR count). The number of hydrogen-bond donors (Lipinski definition) is 1. The van der Waals surface area contributed by atoms with Crippen LogP contribution in [0.15, 0.2) is 0 Å². The summed E-state index contributed by atoms with van der Waals surface area (Å²) in [6, 6.07) is -0.308. The first-order valence-electron chi connectivity index (χ1n) is 6.44. The SMILES string of the molecule is CC(C)CC(N)C(=O)N1CC(C)CC(C)C1. The number of nitrogens with zero attached hydrogens (tertiary/aromatic N) is 1. The Morgan fingerprint density at radius 3 is 2.25 bits per heavy atom. The maximum Gasteiger partial charge on any atom is 0.239 e. The molecule has 0 saturated carbocycles. The van der Waals surface area contributed by atoms with E-state index >= 15 is 0 Å². The summed E-state index contributed by atoms with van der Waals surface area (Å²) in [5.41, 5.74) is 5.95. The van der Waals surface area contributed by atoms with Crippen molar-refractivity contribution in [3.63, 3.8) is 0 Å². The summed E-state index contributed by atoms with van der Waals surface area (Å²) in [7, 11) is 0. The summed E-state index contributed by atoms with van der Waals surface area (Å²) in [4.78, 5) is 14.1. The van der Waals surface area contributed by atoms with Crippen molar-refractivity contribution in [2.75, 3.05) is 13.1 Å². The topological polar surface area (TPSA) is 46.3 Å². The van der Waals surface area contributed by atoms with Gasteiger partial charge in [-0.1, -0.05) is 27.7 Å². The van der Waals surface area contributed by atoms with Gasteiger partial charge in [0.05, 0.1) is 6.04 Å². The summed E-state index contributed by atoms with van der Waals surface area (Å²) in [6.45, 7) is 10.4. The minimum atomic E-state index is -0.308. The highest BCUT2D eigenvalue weighted by atomic mass is 16.2. The molecule has 3 nitrogen and oxygen atoms in total. The monoisotopic (exact) mass is 226 g/mol. The fourth-order valence-corrected chi connectivity index (χ4v) is 2.69. The summed E-state index contributed by atoms with van der Waals surface area (Å²) in [6.07, 6.45) is 2.02. The Bertz CT molecular complexity index is 230. The number of piperidine rings is 1. The van der Waals surface area contributed by atoms with Crippen molar-refractivity contribution in [3.8, 4) is 0 Å². The Balaban J connectivity index is 2.52. The minimum absolute atomic E-state index is 0.145. The zero-order valence-corrected chi connectivity index (χ0v) is 11.1. The number of carbonyl (C=O) groups is 1. The van der Waals surface area contributed by atoms with Crippen LogP contribution in [0.4, 0.5) is 0 Å². The summed E-state index contributed by atoms with van der Waals surface area (Å²) < 4.78 is 0. The molecule has 0 bridgehead atoms. The van der Waals surface area contributed by atoms with Crippen molar-refractivity contribution in [2.45, 2.75) is 46.6 Å². The Hall–Kier alpha value is -0.570. The van der Waals surface area contributed by atoms with Crippen molar-refractivity contribution in [1.29, 1.82) is 0 Å². The molecule has 0 aromatic heterocycles. The average molecular weight is 226 g/mol. The molecule has 1 aliphatic rings. The number of amides is 1. The van der Waals surface area contributed by atoms with E-state index in [4.69, 9.17) is 5.73 Å². The van der Waals surface area contributed by atoms with Crippen LogP contribution < -0.4 is 5.73 Å². The van der Waals surface area contributed by atoms with Crippen molar-refractivity contribution in [1.82, 2.24) is 4.90 Å². The van der Waals surface area contributed by atoms with Crippen molar-refractivity contribution < 1.29 is 4.79 Å². The largest absolute Gasteiger partial charge is 0.341 e. The highest BCUT2D eigenvalue weighted by molar-refractivity contribution is 5.81. The van der Waals surface area contributed by atoms with E-state index < -0.39 is 0 Å². The number of likely N-dealkylation sites (tertiary alicyclic amines) is 1. The molecule has 0 aliphatic carbocycles. The van der Waals surface area contributed by atoms with Crippen LogP contribution in [0.1, 0.15) is 40.5 Å². The molecule has 2 N–H and O–H groups in total. The van der Waals surface area contributed by atoms with E-state index in [9.17, 15) is 4.79 Å². The van der Waals surface area contributed by atoms with Gasteiger partial charge in [0.2, 0.25) is 5.91 Å². The molecule has 1 aliphatic heterocycles. The normalized spacial score (nSPS) is 28.2. The van der Waals surface area contributed by atoms with Gasteiger partial charge in [-0.3, -0.25) is 4.79 Å². The highest BCUT2D eigenvalue weighted by Crippen LogP contribution is 2.21. The summed E-state index contributed by atoms with van der Waals surface area (Å²) in [5.74, 6) is 1.85. The average Bonchev–Trinajstić information content (AvgIpc) is 2.13. The molecule has 1 amide bonds. The van der Waals surface area contributed by atoms with Crippen LogP contribution in [0.5, 0.6) is 0 Å². The van der Waals surface area contributed by atoms with Crippen LogP contribution in [0, 0.1) is 17.8 Å². The smallest absolute Gasteiger partial charge is 0.239 e. The number of nitrogens with two attached hydrogens (primary N) is 1. The lowest BCUT2D eigenvalue weighted by Crippen LogP contribution is -2.49. The van der Waals surface area contributed by atoms with E-state index in [0.29, 0.717) is 17.8 Å². The van der Waals surface area contributed by atoms with Gasteiger partial charge < -0.3 is 10.6 Å². The molecule has 0 aromatic rings. The van der Waals surface area contributed by atoms with Gasteiger partial charge >= 0.3 is 0 Å². The molecule has 1 heterocycles. The molecular formula is C13H26N2O. The van der Waals surface area contributed by atoms with Gasteiger partial charge in [-0.2, -0.15) is 0 Å². The van der Waals surface area contributed by atoms with E-state index in [1.807, 2.05) is 4.90 Å². The number of rotatable bonds is 3. The van der Waals surface area contributed by atoms with Crippen LogP contribution in [0.2, 0.25) is 0 Å². The van der Waals surface area contributed by atoms with Gasteiger partial charge in [0.15, 0.2) is 0 Å². The lowest BCUT2D eigenvalue weighted by molar-refractivity contribution is -0.135. The lowest BCUT2D eigenvalue weighted by Gasteiger charge is -2.36. The predicted octanol–water partition coefficient (Wildman–Crippen LogP) is 1.86. The van der Waals surface area contributed by atoms with E-state index in [0.717, 1.165) is 19.5 Å². The van der Waals surface area contributed by atoms with Gasteiger partial charge in [-0.15, -0.1) is 0 Å². The predicted molar refractivity (Wildman–Crippen MR) is 67.0 cm³/mol. The molecule has 0 spiro atoms. The maximum atomic E-state index is 12.1. The van der Waals surface area contributed by atoms with Crippen LogP contribution in [0.3, 0.4) is 0 Å². The zero-order chi connectivity index (χ0) is 12.3. The second-order valence-corrected chi connectivity index (χ2v) is 5.93. The lowest BCUT2D eigenvalue weighted by atomic mass is 9.91. The molecule has 16 heavy (non-hydrogen) atoms. The fourth-order valence-electron chi connectivity index (χ4n) is 2.69. The molecule has 0 radical (unpaired) electrons. The first-order chi connectivity index (χ1) is 7.40. The van der Waals surface area contributed by atoms with Crippen LogP contribution >= 0.6 is 0 Å². The molecule has 3 unspecified atom stereocenters. The molecule has 3 atom stereocenters. The third kappa shape index (κ3) is 3.78. The zero-order valence-electron chi connectivity index (χ0n) is 11.1. The van der Waals surface area contributed by atoms with Crippen molar-refractivity contribution in [2.24, 2.45) is 23.5 Å². The van der Waals surface area contributed by atoms with Gasteiger partial charge in [-0.05, 0) is 30.6 Å². The second kappa shape index (κ2) is 5.67. The Morgan fingerprint density at radius 1 is 1.31 bits per heavy atom. The maximum absolute atomic E-state index is 12.1. The quantitative estimate of drug-likeness (QED) is 0.798. The highest BCUT2D eigenvalue weighted by Gasteiger charge is 2.28. The molecule has 0 aromatic carbocycles. The van der Waals surface area contributed by atoms with Crippen LogP contribution in [0.25, 0.3) is 0 Å². The third-order valence-electron chi connectivity index (χ3n) is 3.22. The Labute approximate surface area is 99.4 Å².